The number of rotatable bonds is 9. The predicted octanol–water partition coefficient (Wildman–Crippen LogP) is 17.4. The van der Waals surface area contributed by atoms with Crippen LogP contribution in [0, 0.1) is 0 Å². The highest BCUT2D eigenvalue weighted by molar-refractivity contribution is 5.92. The second-order valence-electron chi connectivity index (χ2n) is 20.5. The first kappa shape index (κ1) is 42.4. The number of fused-ring (bicyclic) bond motifs is 6. The molecule has 0 aromatic heterocycles. The summed E-state index contributed by atoms with van der Waals surface area (Å²) >= 11 is 0. The van der Waals surface area contributed by atoms with Crippen molar-refractivity contribution in [1.82, 2.24) is 0 Å². The molecule has 2 aliphatic carbocycles. The Morgan fingerprint density at radius 1 is 0.328 bits per heavy atom. The Kier molecular flexibility index (Phi) is 10.3. The highest BCUT2D eigenvalue weighted by atomic mass is 15.1. The Hall–Kier alpha value is -7.22. The second kappa shape index (κ2) is 16.3. The van der Waals surface area contributed by atoms with E-state index in [1.165, 1.54) is 83.5 Å². The zero-order valence-electron chi connectivity index (χ0n) is 39.9. The third kappa shape index (κ3) is 6.65. The number of nitrogens with zero attached hydrogens (tertiary/aromatic N) is 1. The van der Waals surface area contributed by atoms with Crippen LogP contribution in [0.15, 0.2) is 218 Å². The first-order valence-electron chi connectivity index (χ1n) is 24.2. The maximum absolute atomic E-state index is 2.52. The molecule has 0 heterocycles. The molecule has 9 aromatic rings. The molecular formula is C66H59N. The van der Waals surface area contributed by atoms with E-state index in [9.17, 15) is 0 Å². The van der Waals surface area contributed by atoms with E-state index < -0.39 is 10.8 Å². The van der Waals surface area contributed by atoms with E-state index in [2.05, 4.69) is 272 Å². The molecule has 0 radical (unpaired) electrons. The van der Waals surface area contributed by atoms with Crippen molar-refractivity contribution in [3.63, 3.8) is 0 Å². The van der Waals surface area contributed by atoms with Crippen LogP contribution in [-0.2, 0) is 16.2 Å². The first-order chi connectivity index (χ1) is 32.5. The number of anilines is 3. The summed E-state index contributed by atoms with van der Waals surface area (Å²) in [5, 5.41) is 0. The minimum atomic E-state index is -0.554. The number of benzene rings is 9. The molecule has 0 aliphatic heterocycles. The highest BCUT2D eigenvalue weighted by Gasteiger charge is 2.48. The van der Waals surface area contributed by atoms with Gasteiger partial charge < -0.3 is 4.90 Å². The summed E-state index contributed by atoms with van der Waals surface area (Å²) in [6, 6.07) is 83.2. The lowest BCUT2D eigenvalue weighted by Gasteiger charge is -2.36. The fourth-order valence-electron chi connectivity index (χ4n) is 11.6. The molecule has 0 amide bonds. The molecule has 1 unspecified atom stereocenters. The van der Waals surface area contributed by atoms with Gasteiger partial charge in [-0.1, -0.05) is 230 Å². The Balaban J connectivity index is 1.18. The molecule has 0 spiro atoms. The van der Waals surface area contributed by atoms with Crippen LogP contribution in [0.4, 0.5) is 17.1 Å². The van der Waals surface area contributed by atoms with Gasteiger partial charge in [0.1, 0.15) is 0 Å². The van der Waals surface area contributed by atoms with Crippen LogP contribution in [0.2, 0.25) is 0 Å². The van der Waals surface area contributed by atoms with Gasteiger partial charge in [0.15, 0.2) is 0 Å². The maximum atomic E-state index is 2.52. The summed E-state index contributed by atoms with van der Waals surface area (Å²) in [6.45, 7) is 16.1. The molecule has 67 heavy (non-hydrogen) atoms. The normalized spacial score (nSPS) is 15.5. The lowest BCUT2D eigenvalue weighted by atomic mass is 9.66. The van der Waals surface area contributed by atoms with Crippen molar-refractivity contribution in [3.05, 3.63) is 280 Å². The molecule has 0 fully saturated rings. The average Bonchev–Trinajstić information content (AvgIpc) is 3.82. The molecule has 1 nitrogen and oxygen atoms in total. The van der Waals surface area contributed by atoms with Gasteiger partial charge in [0.25, 0.3) is 0 Å². The van der Waals surface area contributed by atoms with Gasteiger partial charge in [0, 0.05) is 17.1 Å². The number of para-hydroxylation sites is 1. The van der Waals surface area contributed by atoms with Crippen LogP contribution in [0.5, 0.6) is 0 Å². The maximum Gasteiger partial charge on any atom is 0.0714 e. The Labute approximate surface area is 398 Å². The summed E-state index contributed by atoms with van der Waals surface area (Å²) in [5.74, 6) is 0.779. The molecule has 0 saturated carbocycles. The lowest BCUT2D eigenvalue weighted by molar-refractivity contribution is 0.589. The van der Waals surface area contributed by atoms with Gasteiger partial charge in [-0.3, -0.25) is 0 Å². The fourth-order valence-corrected chi connectivity index (χ4v) is 11.6. The molecule has 0 bridgehead atoms. The standard InChI is InChI=1S/C66H59N/c1-44(2)46-20-18-24-51(40-46)66(52-25-19-21-47(41-52)45(3)4)61-31-17-15-29-57(61)59-39-37-55(43-63(59)66)67(53-26-12-9-13-27-53)54-36-38-58-56-28-14-16-30-60(56)65(62(58)42-54,49-22-10-8-11-23-49)50-34-32-48(33-35-50)64(5,6)7/h8-45H,1-7H3. The van der Waals surface area contributed by atoms with Crippen LogP contribution in [0.3, 0.4) is 0 Å². The quantitative estimate of drug-likeness (QED) is 0.140. The Morgan fingerprint density at radius 3 is 1.21 bits per heavy atom. The summed E-state index contributed by atoms with van der Waals surface area (Å²) in [5.41, 5.74) is 21.8. The van der Waals surface area contributed by atoms with Crippen molar-refractivity contribution in [1.29, 1.82) is 0 Å². The third-order valence-electron chi connectivity index (χ3n) is 15.0. The van der Waals surface area contributed by atoms with Crippen molar-refractivity contribution >= 4 is 17.1 Å². The van der Waals surface area contributed by atoms with Crippen LogP contribution < -0.4 is 4.90 Å². The first-order valence-corrected chi connectivity index (χ1v) is 24.2. The van der Waals surface area contributed by atoms with Crippen LogP contribution in [-0.4, -0.2) is 0 Å². The van der Waals surface area contributed by atoms with E-state index in [-0.39, 0.29) is 5.41 Å². The zero-order chi connectivity index (χ0) is 46.1. The van der Waals surface area contributed by atoms with E-state index in [1.807, 2.05) is 0 Å². The van der Waals surface area contributed by atoms with Crippen molar-refractivity contribution in [2.24, 2.45) is 0 Å². The average molecular weight is 866 g/mol. The monoisotopic (exact) mass is 865 g/mol. The lowest BCUT2D eigenvalue weighted by Crippen LogP contribution is -2.29. The van der Waals surface area contributed by atoms with Crippen LogP contribution in [0.1, 0.15) is 121 Å². The van der Waals surface area contributed by atoms with Crippen molar-refractivity contribution in [2.75, 3.05) is 4.90 Å². The van der Waals surface area contributed by atoms with Crippen LogP contribution in [0.25, 0.3) is 22.3 Å². The molecule has 11 rings (SSSR count). The molecule has 0 N–H and O–H groups in total. The van der Waals surface area contributed by atoms with E-state index in [4.69, 9.17) is 0 Å². The van der Waals surface area contributed by atoms with Crippen LogP contribution >= 0.6 is 0 Å². The molecular weight excluding hydrogens is 807 g/mol. The molecule has 1 atom stereocenters. The summed E-state index contributed by atoms with van der Waals surface area (Å²) < 4.78 is 0. The van der Waals surface area contributed by atoms with Gasteiger partial charge in [-0.15, -0.1) is 0 Å². The number of hydrogen-bond donors (Lipinski definition) is 0. The van der Waals surface area contributed by atoms with Crippen molar-refractivity contribution in [3.8, 4) is 22.3 Å². The summed E-state index contributed by atoms with van der Waals surface area (Å²) in [6.07, 6.45) is 0. The largest absolute Gasteiger partial charge is 0.310 e. The van der Waals surface area contributed by atoms with Gasteiger partial charge in [-0.05, 0) is 137 Å². The topological polar surface area (TPSA) is 3.24 Å². The molecule has 9 aromatic carbocycles. The SMILES string of the molecule is CC(C)c1cccc(C2(c3cccc(C(C)C)c3)c3ccccc3-c3ccc(N(c4ccccc4)c4ccc5c(c4)C(c4ccccc4)(c4ccc(C(C)(C)C)cc4)c4ccccc4-5)cc32)c1. The summed E-state index contributed by atoms with van der Waals surface area (Å²) in [4.78, 5) is 2.49. The molecule has 0 saturated heterocycles. The fraction of sp³-hybridized carbons (Fsp3) is 0.182. The number of hydrogen-bond acceptors (Lipinski definition) is 1. The van der Waals surface area contributed by atoms with Crippen molar-refractivity contribution in [2.45, 2.75) is 76.5 Å². The van der Waals surface area contributed by atoms with Crippen molar-refractivity contribution < 1.29 is 0 Å². The zero-order valence-corrected chi connectivity index (χ0v) is 39.9. The van der Waals surface area contributed by atoms with Gasteiger partial charge >= 0.3 is 0 Å². The second-order valence-corrected chi connectivity index (χ2v) is 20.5. The third-order valence-corrected chi connectivity index (χ3v) is 15.0. The van der Waals surface area contributed by atoms with Gasteiger partial charge in [-0.25, -0.2) is 0 Å². The minimum Gasteiger partial charge on any atom is -0.310 e. The van der Waals surface area contributed by atoms with E-state index in [0.29, 0.717) is 11.8 Å². The van der Waals surface area contributed by atoms with Gasteiger partial charge in [0.2, 0.25) is 0 Å². The molecule has 2 aliphatic rings. The van der Waals surface area contributed by atoms with Gasteiger partial charge in [0.05, 0.1) is 10.8 Å². The molecule has 328 valence electrons. The summed E-state index contributed by atoms with van der Waals surface area (Å²) in [7, 11) is 0. The Morgan fingerprint density at radius 2 is 0.731 bits per heavy atom. The Bertz CT molecular complexity index is 3220. The molecule has 1 heteroatoms. The van der Waals surface area contributed by atoms with E-state index >= 15 is 0 Å². The van der Waals surface area contributed by atoms with E-state index in [0.717, 1.165) is 17.1 Å². The highest BCUT2D eigenvalue weighted by Crippen LogP contribution is 2.60. The van der Waals surface area contributed by atoms with E-state index in [1.54, 1.807) is 0 Å². The minimum absolute atomic E-state index is 0.0382. The smallest absolute Gasteiger partial charge is 0.0714 e. The van der Waals surface area contributed by atoms with Gasteiger partial charge in [-0.2, -0.15) is 0 Å². The predicted molar refractivity (Wildman–Crippen MR) is 283 cm³/mol.